The number of amides is 1. The molecule has 0 atom stereocenters. The molecule has 1 aromatic carbocycles. The Morgan fingerprint density at radius 3 is 2.68 bits per heavy atom. The van der Waals surface area contributed by atoms with Crippen LogP contribution in [0.3, 0.4) is 0 Å². The molecule has 1 amide bonds. The highest BCUT2D eigenvalue weighted by Crippen LogP contribution is 2.25. The molecule has 6 heteroatoms. The maximum Gasteiger partial charge on any atom is 0.278 e. The SMILES string of the molecule is CC(C)c1[nH]nc(C(=O)Nc2ccccc2Br)c1N. The first-order valence-corrected chi connectivity index (χ1v) is 6.69. The number of halogens is 1. The van der Waals surface area contributed by atoms with Crippen LogP contribution in [-0.4, -0.2) is 16.1 Å². The summed E-state index contributed by atoms with van der Waals surface area (Å²) in [6.45, 7) is 3.97. The molecule has 0 fully saturated rings. The number of para-hydroxylation sites is 1. The molecule has 19 heavy (non-hydrogen) atoms. The number of hydrogen-bond acceptors (Lipinski definition) is 3. The number of carbonyl (C=O) groups is 1. The zero-order valence-electron chi connectivity index (χ0n) is 10.7. The first-order chi connectivity index (χ1) is 9.00. The number of H-pyrrole nitrogens is 1. The van der Waals surface area contributed by atoms with Crippen LogP contribution < -0.4 is 11.1 Å². The van der Waals surface area contributed by atoms with Crippen LogP contribution in [0, 0.1) is 0 Å². The largest absolute Gasteiger partial charge is 0.395 e. The Balaban J connectivity index is 2.24. The number of benzene rings is 1. The average molecular weight is 323 g/mol. The third kappa shape index (κ3) is 2.78. The van der Waals surface area contributed by atoms with E-state index in [4.69, 9.17) is 5.73 Å². The van der Waals surface area contributed by atoms with Gasteiger partial charge < -0.3 is 11.1 Å². The lowest BCUT2D eigenvalue weighted by atomic mass is 10.1. The second-order valence-corrected chi connectivity index (χ2v) is 5.34. The van der Waals surface area contributed by atoms with Gasteiger partial charge >= 0.3 is 0 Å². The van der Waals surface area contributed by atoms with Crippen LogP contribution in [0.2, 0.25) is 0 Å². The van der Waals surface area contributed by atoms with Crippen molar-refractivity contribution in [2.75, 3.05) is 11.1 Å². The van der Waals surface area contributed by atoms with Gasteiger partial charge in [-0.15, -0.1) is 0 Å². The summed E-state index contributed by atoms with van der Waals surface area (Å²) in [7, 11) is 0. The molecule has 4 N–H and O–H groups in total. The number of nitrogens with zero attached hydrogens (tertiary/aromatic N) is 1. The van der Waals surface area contributed by atoms with Crippen LogP contribution in [0.4, 0.5) is 11.4 Å². The molecule has 2 aromatic rings. The predicted octanol–water partition coefficient (Wildman–Crippen LogP) is 3.13. The number of aromatic nitrogens is 2. The van der Waals surface area contributed by atoms with Crippen LogP contribution in [0.15, 0.2) is 28.7 Å². The van der Waals surface area contributed by atoms with E-state index in [1.54, 1.807) is 6.07 Å². The molecule has 1 heterocycles. The zero-order valence-corrected chi connectivity index (χ0v) is 12.3. The summed E-state index contributed by atoms with van der Waals surface area (Å²) in [5.41, 5.74) is 8.01. The van der Waals surface area contributed by atoms with Gasteiger partial charge in [-0.1, -0.05) is 26.0 Å². The third-order valence-corrected chi connectivity index (χ3v) is 3.44. The Bertz CT molecular complexity index is 606. The van der Waals surface area contributed by atoms with Gasteiger partial charge in [0.25, 0.3) is 5.91 Å². The van der Waals surface area contributed by atoms with Crippen molar-refractivity contribution in [3.05, 3.63) is 40.1 Å². The van der Waals surface area contributed by atoms with Gasteiger partial charge in [0, 0.05) is 4.47 Å². The number of aromatic amines is 1. The Morgan fingerprint density at radius 1 is 1.42 bits per heavy atom. The van der Waals surface area contributed by atoms with E-state index in [0.717, 1.165) is 10.2 Å². The second kappa shape index (κ2) is 5.44. The molecule has 2 rings (SSSR count). The van der Waals surface area contributed by atoms with Crippen molar-refractivity contribution in [1.82, 2.24) is 10.2 Å². The Kier molecular flexibility index (Phi) is 3.90. The monoisotopic (exact) mass is 322 g/mol. The minimum absolute atomic E-state index is 0.192. The molecule has 1 aromatic heterocycles. The smallest absolute Gasteiger partial charge is 0.278 e. The van der Waals surface area contributed by atoms with Crippen LogP contribution >= 0.6 is 15.9 Å². The van der Waals surface area contributed by atoms with Crippen LogP contribution in [-0.2, 0) is 0 Å². The van der Waals surface area contributed by atoms with Crippen molar-refractivity contribution in [2.24, 2.45) is 0 Å². The van der Waals surface area contributed by atoms with E-state index in [-0.39, 0.29) is 17.5 Å². The van der Waals surface area contributed by atoms with E-state index >= 15 is 0 Å². The van der Waals surface area contributed by atoms with E-state index in [0.29, 0.717) is 11.4 Å². The van der Waals surface area contributed by atoms with Gasteiger partial charge in [-0.2, -0.15) is 5.10 Å². The summed E-state index contributed by atoms with van der Waals surface area (Å²) in [6.07, 6.45) is 0. The summed E-state index contributed by atoms with van der Waals surface area (Å²) < 4.78 is 0.807. The van der Waals surface area contributed by atoms with Gasteiger partial charge in [0.2, 0.25) is 0 Å². The maximum atomic E-state index is 12.1. The van der Waals surface area contributed by atoms with Crippen molar-refractivity contribution < 1.29 is 4.79 Å². The lowest BCUT2D eigenvalue weighted by molar-refractivity contribution is 0.102. The van der Waals surface area contributed by atoms with Crippen molar-refractivity contribution in [1.29, 1.82) is 0 Å². The minimum atomic E-state index is -0.326. The van der Waals surface area contributed by atoms with E-state index < -0.39 is 0 Å². The molecular formula is C13H15BrN4O. The third-order valence-electron chi connectivity index (χ3n) is 2.75. The van der Waals surface area contributed by atoms with Crippen LogP contribution in [0.25, 0.3) is 0 Å². The lowest BCUT2D eigenvalue weighted by Crippen LogP contribution is -2.14. The highest BCUT2D eigenvalue weighted by Gasteiger charge is 2.19. The molecule has 0 spiro atoms. The van der Waals surface area contributed by atoms with E-state index in [9.17, 15) is 4.79 Å². The van der Waals surface area contributed by atoms with Crippen molar-refractivity contribution >= 4 is 33.2 Å². The molecule has 0 saturated heterocycles. The molecule has 0 aliphatic carbocycles. The summed E-state index contributed by atoms with van der Waals surface area (Å²) in [4.78, 5) is 12.1. The zero-order chi connectivity index (χ0) is 14.0. The normalized spacial score (nSPS) is 10.7. The fraction of sp³-hybridized carbons (Fsp3) is 0.231. The quantitative estimate of drug-likeness (QED) is 0.811. The molecule has 0 radical (unpaired) electrons. The fourth-order valence-corrected chi connectivity index (χ4v) is 2.11. The first kappa shape index (κ1) is 13.6. The first-order valence-electron chi connectivity index (χ1n) is 5.90. The predicted molar refractivity (Wildman–Crippen MR) is 79.2 cm³/mol. The average Bonchev–Trinajstić information content (AvgIpc) is 2.74. The maximum absolute atomic E-state index is 12.1. The van der Waals surface area contributed by atoms with Crippen molar-refractivity contribution in [2.45, 2.75) is 19.8 Å². The number of nitrogens with two attached hydrogens (primary N) is 1. The standard InChI is InChI=1S/C13H15BrN4O/c1-7(2)11-10(15)12(18-17-11)13(19)16-9-6-4-3-5-8(9)14/h3-7H,15H2,1-2H3,(H,16,19)(H,17,18). The number of nitrogens with one attached hydrogen (secondary N) is 2. The van der Waals surface area contributed by atoms with Gasteiger partial charge in [0.1, 0.15) is 0 Å². The number of nitrogen functional groups attached to an aromatic ring is 1. The number of anilines is 2. The Morgan fingerprint density at radius 2 is 2.11 bits per heavy atom. The highest BCUT2D eigenvalue weighted by molar-refractivity contribution is 9.10. The second-order valence-electron chi connectivity index (χ2n) is 4.49. The van der Waals surface area contributed by atoms with Crippen LogP contribution in [0.5, 0.6) is 0 Å². The highest BCUT2D eigenvalue weighted by atomic mass is 79.9. The number of hydrogen-bond donors (Lipinski definition) is 3. The summed E-state index contributed by atoms with van der Waals surface area (Å²) in [5, 5.41) is 9.56. The lowest BCUT2D eigenvalue weighted by Gasteiger charge is -2.06. The van der Waals surface area contributed by atoms with Gasteiger partial charge in [0.05, 0.1) is 17.1 Å². The van der Waals surface area contributed by atoms with Crippen molar-refractivity contribution in [3.8, 4) is 0 Å². The number of carbonyl (C=O) groups excluding carboxylic acids is 1. The summed E-state index contributed by atoms with van der Waals surface area (Å²) in [5.74, 6) is -0.134. The molecule has 0 aliphatic heterocycles. The molecule has 0 unspecified atom stereocenters. The molecule has 0 saturated carbocycles. The molecule has 0 aliphatic rings. The van der Waals surface area contributed by atoms with E-state index in [2.05, 4.69) is 31.4 Å². The van der Waals surface area contributed by atoms with E-state index in [1.165, 1.54) is 0 Å². The molecule has 0 bridgehead atoms. The summed E-state index contributed by atoms with van der Waals surface area (Å²) >= 11 is 3.37. The van der Waals surface area contributed by atoms with Gasteiger partial charge in [-0.05, 0) is 34.0 Å². The minimum Gasteiger partial charge on any atom is -0.395 e. The van der Waals surface area contributed by atoms with Gasteiger partial charge in [-0.3, -0.25) is 9.89 Å². The van der Waals surface area contributed by atoms with E-state index in [1.807, 2.05) is 32.0 Å². The summed E-state index contributed by atoms with van der Waals surface area (Å²) in [6, 6.07) is 7.37. The number of rotatable bonds is 3. The fourth-order valence-electron chi connectivity index (χ4n) is 1.72. The topological polar surface area (TPSA) is 83.8 Å². The molecule has 5 nitrogen and oxygen atoms in total. The van der Waals surface area contributed by atoms with Gasteiger partial charge in [-0.25, -0.2) is 0 Å². The Labute approximate surface area is 119 Å². The molecule has 100 valence electrons. The van der Waals surface area contributed by atoms with Crippen LogP contribution in [0.1, 0.15) is 35.9 Å². The molecular weight excluding hydrogens is 308 g/mol. The van der Waals surface area contributed by atoms with Gasteiger partial charge in [0.15, 0.2) is 5.69 Å². The Hall–Kier alpha value is -1.82. The van der Waals surface area contributed by atoms with Crippen molar-refractivity contribution in [3.63, 3.8) is 0 Å².